The van der Waals surface area contributed by atoms with Crippen molar-refractivity contribution in [3.8, 4) is 6.07 Å². The molecule has 0 saturated carbocycles. The Kier molecular flexibility index (Phi) is 5.47. The number of nitriles is 1. The maximum Gasteiger partial charge on any atom is 0.338 e. The Morgan fingerprint density at radius 2 is 1.82 bits per heavy atom. The molecule has 0 unspecified atom stereocenters. The van der Waals surface area contributed by atoms with Crippen LogP contribution >= 0.6 is 0 Å². The third-order valence-corrected chi connectivity index (χ3v) is 6.32. The standard InChI is InChI=1S/C20H18N2O5S/c1-2-28(25,26)22-10-9-16-11-17(7-8-18(16)22)19(23)13-27-20(24)15-5-3-14(12-21)4-6-15/h3-8,11H,2,9-10,13H2,1H3. The van der Waals surface area contributed by atoms with Crippen LogP contribution in [0.5, 0.6) is 0 Å². The predicted octanol–water partition coefficient (Wildman–Crippen LogP) is 2.31. The fourth-order valence-corrected chi connectivity index (χ4v) is 4.13. The molecule has 1 heterocycles. The molecule has 0 amide bonds. The van der Waals surface area contributed by atoms with Crippen molar-refractivity contribution in [1.82, 2.24) is 0 Å². The van der Waals surface area contributed by atoms with E-state index in [2.05, 4.69) is 0 Å². The summed E-state index contributed by atoms with van der Waals surface area (Å²) in [5.74, 6) is -1.01. The summed E-state index contributed by atoms with van der Waals surface area (Å²) in [4.78, 5) is 24.4. The summed E-state index contributed by atoms with van der Waals surface area (Å²) >= 11 is 0. The third-order valence-electron chi connectivity index (χ3n) is 4.54. The second-order valence-corrected chi connectivity index (χ2v) is 8.44. The molecule has 1 aliphatic heterocycles. The lowest BCUT2D eigenvalue weighted by atomic mass is 10.1. The van der Waals surface area contributed by atoms with Crippen LogP contribution in [0.1, 0.15) is 38.8 Å². The first-order valence-corrected chi connectivity index (χ1v) is 10.3. The number of hydrogen-bond acceptors (Lipinski definition) is 6. The minimum absolute atomic E-state index is 0.0123. The van der Waals surface area contributed by atoms with Gasteiger partial charge in [0.15, 0.2) is 12.4 Å². The van der Waals surface area contributed by atoms with Gasteiger partial charge < -0.3 is 4.74 Å². The quantitative estimate of drug-likeness (QED) is 0.546. The number of carbonyl (C=O) groups excluding carboxylic acids is 2. The van der Waals surface area contributed by atoms with E-state index in [9.17, 15) is 18.0 Å². The highest BCUT2D eigenvalue weighted by atomic mass is 32.2. The van der Waals surface area contributed by atoms with Gasteiger partial charge in [0.25, 0.3) is 0 Å². The summed E-state index contributed by atoms with van der Waals surface area (Å²) in [7, 11) is -3.34. The van der Waals surface area contributed by atoms with Crippen molar-refractivity contribution in [3.63, 3.8) is 0 Å². The molecular weight excluding hydrogens is 380 g/mol. The van der Waals surface area contributed by atoms with Crippen LogP contribution in [0.4, 0.5) is 5.69 Å². The summed E-state index contributed by atoms with van der Waals surface area (Å²) < 4.78 is 30.7. The highest BCUT2D eigenvalue weighted by Gasteiger charge is 2.28. The van der Waals surface area contributed by atoms with Gasteiger partial charge in [-0.1, -0.05) is 0 Å². The number of rotatable bonds is 6. The second kappa shape index (κ2) is 7.82. The zero-order valence-electron chi connectivity index (χ0n) is 15.2. The van der Waals surface area contributed by atoms with E-state index in [0.29, 0.717) is 29.8 Å². The molecule has 0 saturated heterocycles. The van der Waals surface area contributed by atoms with Gasteiger partial charge in [0, 0.05) is 12.1 Å². The van der Waals surface area contributed by atoms with Crippen molar-refractivity contribution in [2.24, 2.45) is 0 Å². The summed E-state index contributed by atoms with van der Waals surface area (Å²) in [5, 5.41) is 8.76. The largest absolute Gasteiger partial charge is 0.454 e. The molecule has 0 N–H and O–H groups in total. The third kappa shape index (κ3) is 3.89. The van der Waals surface area contributed by atoms with E-state index in [4.69, 9.17) is 10.00 Å². The number of Topliss-reactive ketones (excluding diaryl/α,β-unsaturated/α-hetero) is 1. The van der Waals surface area contributed by atoms with Gasteiger partial charge in [-0.05, 0) is 61.4 Å². The molecule has 0 aromatic heterocycles. The molecule has 0 bridgehead atoms. The van der Waals surface area contributed by atoms with E-state index in [-0.39, 0.29) is 17.1 Å². The molecule has 2 aromatic carbocycles. The number of ketones is 1. The molecule has 0 radical (unpaired) electrons. The Balaban J connectivity index is 1.67. The topological polar surface area (TPSA) is 105 Å². The molecule has 0 fully saturated rings. The maximum absolute atomic E-state index is 12.4. The normalized spacial score (nSPS) is 12.9. The van der Waals surface area contributed by atoms with E-state index in [1.54, 1.807) is 25.1 Å². The highest BCUT2D eigenvalue weighted by molar-refractivity contribution is 7.92. The summed E-state index contributed by atoms with van der Waals surface area (Å²) in [5.41, 5.74) is 2.41. The van der Waals surface area contributed by atoms with Crippen LogP contribution < -0.4 is 4.31 Å². The van der Waals surface area contributed by atoms with Gasteiger partial charge in [-0.3, -0.25) is 9.10 Å². The summed E-state index contributed by atoms with van der Waals surface area (Å²) in [6.45, 7) is 1.53. The SMILES string of the molecule is CCS(=O)(=O)N1CCc2cc(C(=O)COC(=O)c3ccc(C#N)cc3)ccc21. The summed E-state index contributed by atoms with van der Waals surface area (Å²) in [6.07, 6.45) is 0.528. The molecule has 28 heavy (non-hydrogen) atoms. The number of fused-ring (bicyclic) bond motifs is 1. The first-order valence-electron chi connectivity index (χ1n) is 8.69. The Labute approximate surface area is 163 Å². The first kappa shape index (κ1) is 19.6. The van der Waals surface area contributed by atoms with Gasteiger partial charge in [0.1, 0.15) is 0 Å². The number of esters is 1. The van der Waals surface area contributed by atoms with Gasteiger partial charge >= 0.3 is 5.97 Å². The van der Waals surface area contributed by atoms with Crippen molar-refractivity contribution >= 4 is 27.5 Å². The van der Waals surface area contributed by atoms with Gasteiger partial charge in [-0.25, -0.2) is 13.2 Å². The number of nitrogens with zero attached hydrogens (tertiary/aromatic N) is 2. The minimum atomic E-state index is -3.34. The van der Waals surface area contributed by atoms with Crippen LogP contribution in [0, 0.1) is 11.3 Å². The zero-order chi connectivity index (χ0) is 20.3. The van der Waals surface area contributed by atoms with E-state index in [0.717, 1.165) is 5.56 Å². The van der Waals surface area contributed by atoms with Gasteiger partial charge in [0.05, 0.1) is 28.6 Å². The fraction of sp³-hybridized carbons (Fsp3) is 0.250. The highest BCUT2D eigenvalue weighted by Crippen LogP contribution is 2.31. The van der Waals surface area contributed by atoms with Gasteiger partial charge in [-0.15, -0.1) is 0 Å². The fourth-order valence-electron chi connectivity index (χ4n) is 2.97. The lowest BCUT2D eigenvalue weighted by Crippen LogP contribution is -2.30. The molecule has 8 heteroatoms. The molecule has 2 aromatic rings. The Morgan fingerprint density at radius 3 is 2.46 bits per heavy atom. The van der Waals surface area contributed by atoms with E-state index < -0.39 is 22.6 Å². The first-order chi connectivity index (χ1) is 13.4. The number of benzene rings is 2. The maximum atomic E-state index is 12.4. The van der Waals surface area contributed by atoms with Crippen LogP contribution in [0.25, 0.3) is 0 Å². The lowest BCUT2D eigenvalue weighted by molar-refractivity contribution is 0.0474. The molecule has 144 valence electrons. The molecule has 3 rings (SSSR count). The molecule has 7 nitrogen and oxygen atoms in total. The molecule has 1 aliphatic rings. The van der Waals surface area contributed by atoms with E-state index in [1.807, 2.05) is 6.07 Å². The van der Waals surface area contributed by atoms with Crippen LogP contribution in [0.15, 0.2) is 42.5 Å². The Morgan fingerprint density at radius 1 is 1.14 bits per heavy atom. The molecule has 0 atom stereocenters. The van der Waals surface area contributed by atoms with Crippen molar-refractivity contribution in [3.05, 3.63) is 64.7 Å². The van der Waals surface area contributed by atoms with Crippen molar-refractivity contribution in [1.29, 1.82) is 5.26 Å². The van der Waals surface area contributed by atoms with E-state index in [1.165, 1.54) is 28.6 Å². The predicted molar refractivity (Wildman–Crippen MR) is 103 cm³/mol. The average molecular weight is 398 g/mol. The lowest BCUT2D eigenvalue weighted by Gasteiger charge is -2.18. The van der Waals surface area contributed by atoms with Crippen LogP contribution in [0.3, 0.4) is 0 Å². The molecular formula is C20H18N2O5S. The smallest absolute Gasteiger partial charge is 0.338 e. The molecule has 0 aliphatic carbocycles. The van der Waals surface area contributed by atoms with Crippen molar-refractivity contribution in [2.45, 2.75) is 13.3 Å². The number of sulfonamides is 1. The Bertz CT molecular complexity index is 1070. The number of hydrogen-bond donors (Lipinski definition) is 0. The number of anilines is 1. The zero-order valence-corrected chi connectivity index (χ0v) is 16.0. The van der Waals surface area contributed by atoms with Crippen molar-refractivity contribution < 1.29 is 22.7 Å². The van der Waals surface area contributed by atoms with Crippen LogP contribution in [0.2, 0.25) is 0 Å². The average Bonchev–Trinajstić information content (AvgIpc) is 3.16. The van der Waals surface area contributed by atoms with Crippen LogP contribution in [-0.4, -0.2) is 39.1 Å². The van der Waals surface area contributed by atoms with Gasteiger partial charge in [-0.2, -0.15) is 5.26 Å². The molecule has 0 spiro atoms. The second-order valence-electron chi connectivity index (χ2n) is 6.25. The number of carbonyl (C=O) groups is 2. The van der Waals surface area contributed by atoms with Crippen LogP contribution in [-0.2, 0) is 21.2 Å². The van der Waals surface area contributed by atoms with E-state index >= 15 is 0 Å². The Hall–Kier alpha value is -3.18. The minimum Gasteiger partial charge on any atom is -0.454 e. The number of ether oxygens (including phenoxy) is 1. The van der Waals surface area contributed by atoms with Gasteiger partial charge in [0.2, 0.25) is 10.0 Å². The monoisotopic (exact) mass is 398 g/mol. The van der Waals surface area contributed by atoms with Crippen molar-refractivity contribution in [2.75, 3.05) is 23.2 Å². The summed E-state index contributed by atoms with van der Waals surface area (Å²) in [6, 6.07) is 12.7.